The van der Waals surface area contributed by atoms with Crippen molar-refractivity contribution < 1.29 is 4.79 Å². The molecule has 1 aliphatic heterocycles. The molecular weight excluding hydrogens is 80.0 g/mol. The van der Waals surface area contributed by atoms with Gasteiger partial charge in [-0.25, -0.2) is 4.79 Å². The van der Waals surface area contributed by atoms with Gasteiger partial charge in [0, 0.05) is 7.05 Å². The zero-order chi connectivity index (χ0) is 4.57. The lowest BCUT2D eigenvalue weighted by Gasteiger charge is -2.26. The zero-order valence-corrected chi connectivity index (χ0v) is 3.56. The van der Waals surface area contributed by atoms with Crippen LogP contribution in [0.4, 0.5) is 4.79 Å². The molecule has 1 fully saturated rings. The number of hydrogen-bond donors (Lipinski definition) is 1. The molecule has 0 radical (unpaired) electrons. The van der Waals surface area contributed by atoms with Crippen LogP contribution in [0.1, 0.15) is 0 Å². The number of rotatable bonds is 0. The van der Waals surface area contributed by atoms with Gasteiger partial charge in [0.25, 0.3) is 0 Å². The Morgan fingerprint density at radius 3 is 2.50 bits per heavy atom. The molecule has 2 amide bonds. The van der Waals surface area contributed by atoms with E-state index in [9.17, 15) is 4.79 Å². The third kappa shape index (κ3) is 0.246. The topological polar surface area (TPSA) is 32.3 Å². The van der Waals surface area contributed by atoms with Crippen molar-refractivity contribution in [3.05, 3.63) is 0 Å². The van der Waals surface area contributed by atoms with Gasteiger partial charge in [0.15, 0.2) is 0 Å². The first-order valence-corrected chi connectivity index (χ1v) is 1.79. The van der Waals surface area contributed by atoms with E-state index in [1.54, 1.807) is 11.9 Å². The minimum atomic E-state index is 0.0231. The molecule has 6 heavy (non-hydrogen) atoms. The Hall–Kier alpha value is -0.730. The van der Waals surface area contributed by atoms with Crippen LogP contribution in [0.5, 0.6) is 0 Å². The second kappa shape index (κ2) is 0.864. The molecule has 1 aliphatic rings. The largest absolute Gasteiger partial charge is 0.320 e. The number of hydrogen-bond acceptors (Lipinski definition) is 1. The van der Waals surface area contributed by atoms with Crippen LogP contribution in [0.25, 0.3) is 0 Å². The molecule has 0 bridgehead atoms. The van der Waals surface area contributed by atoms with Crippen molar-refractivity contribution in [1.29, 1.82) is 0 Å². The standard InChI is InChI=1S/C3H6N2O/c1-5-2-4-3(5)6/h2H2,1H3,(H,4,6). The van der Waals surface area contributed by atoms with Gasteiger partial charge in [0.05, 0.1) is 6.67 Å². The van der Waals surface area contributed by atoms with E-state index in [-0.39, 0.29) is 6.03 Å². The average Bonchev–Trinajstić information content (AvgIpc) is 1.61. The van der Waals surface area contributed by atoms with Gasteiger partial charge in [0.1, 0.15) is 0 Å². The molecule has 1 rings (SSSR count). The Labute approximate surface area is 35.9 Å². The number of nitrogens with one attached hydrogen (secondary N) is 1. The maximum absolute atomic E-state index is 10.0. The number of nitrogens with zero attached hydrogens (tertiary/aromatic N) is 1. The van der Waals surface area contributed by atoms with E-state index in [0.29, 0.717) is 6.67 Å². The summed E-state index contributed by atoms with van der Waals surface area (Å²) in [5.41, 5.74) is 0. The van der Waals surface area contributed by atoms with Crippen molar-refractivity contribution >= 4 is 6.03 Å². The second-order valence-corrected chi connectivity index (χ2v) is 1.34. The molecule has 34 valence electrons. The number of carbonyl (C=O) groups is 1. The first kappa shape index (κ1) is 3.46. The molecule has 1 heterocycles. The van der Waals surface area contributed by atoms with Gasteiger partial charge < -0.3 is 10.2 Å². The normalized spacial score (nSPS) is 19.5. The zero-order valence-electron chi connectivity index (χ0n) is 3.56. The highest BCUT2D eigenvalue weighted by Gasteiger charge is 2.15. The summed E-state index contributed by atoms with van der Waals surface area (Å²) in [6.45, 7) is 0.707. The quantitative estimate of drug-likeness (QED) is 0.427. The predicted molar refractivity (Wildman–Crippen MR) is 21.2 cm³/mol. The number of urea groups is 1. The first-order chi connectivity index (χ1) is 2.80. The molecule has 0 aliphatic carbocycles. The van der Waals surface area contributed by atoms with Gasteiger partial charge in [-0.2, -0.15) is 0 Å². The summed E-state index contributed by atoms with van der Waals surface area (Å²) < 4.78 is 0. The highest BCUT2D eigenvalue weighted by atomic mass is 16.2. The molecule has 3 nitrogen and oxygen atoms in total. The van der Waals surface area contributed by atoms with Crippen LogP contribution < -0.4 is 5.32 Å². The van der Waals surface area contributed by atoms with Crippen LogP contribution in [0, 0.1) is 0 Å². The third-order valence-corrected chi connectivity index (χ3v) is 0.814. The predicted octanol–water partition coefficient (Wildman–Crippen LogP) is -0.401. The van der Waals surface area contributed by atoms with E-state index in [1.807, 2.05) is 0 Å². The molecule has 1 N–H and O–H groups in total. The third-order valence-electron chi connectivity index (χ3n) is 0.814. The fourth-order valence-electron chi connectivity index (χ4n) is 0.302. The van der Waals surface area contributed by atoms with Crippen LogP contribution in [-0.4, -0.2) is 24.6 Å². The molecular formula is C3H6N2O. The SMILES string of the molecule is CN1CNC1=O. The van der Waals surface area contributed by atoms with Crippen LogP contribution >= 0.6 is 0 Å². The van der Waals surface area contributed by atoms with E-state index < -0.39 is 0 Å². The van der Waals surface area contributed by atoms with E-state index in [2.05, 4.69) is 5.32 Å². The minimum absolute atomic E-state index is 0.0231. The molecule has 0 aromatic rings. The molecule has 0 saturated carbocycles. The van der Waals surface area contributed by atoms with Crippen molar-refractivity contribution in [1.82, 2.24) is 10.2 Å². The fourth-order valence-corrected chi connectivity index (χ4v) is 0.302. The van der Waals surface area contributed by atoms with Crippen molar-refractivity contribution in [3.8, 4) is 0 Å². The van der Waals surface area contributed by atoms with Crippen molar-refractivity contribution in [2.75, 3.05) is 13.7 Å². The second-order valence-electron chi connectivity index (χ2n) is 1.34. The van der Waals surface area contributed by atoms with Crippen LogP contribution in [0.2, 0.25) is 0 Å². The first-order valence-electron chi connectivity index (χ1n) is 1.79. The number of carbonyl (C=O) groups excluding carboxylic acids is 1. The summed E-state index contributed by atoms with van der Waals surface area (Å²) in [5, 5.41) is 2.55. The molecule has 3 heteroatoms. The van der Waals surface area contributed by atoms with E-state index in [4.69, 9.17) is 0 Å². The summed E-state index contributed by atoms with van der Waals surface area (Å²) in [4.78, 5) is 11.6. The lowest BCUT2D eigenvalue weighted by Crippen LogP contribution is -2.54. The summed E-state index contributed by atoms with van der Waals surface area (Å²) >= 11 is 0. The summed E-state index contributed by atoms with van der Waals surface area (Å²) in [6.07, 6.45) is 0. The molecule has 0 atom stereocenters. The van der Waals surface area contributed by atoms with Gasteiger partial charge in [-0.1, -0.05) is 0 Å². The van der Waals surface area contributed by atoms with Crippen molar-refractivity contribution in [3.63, 3.8) is 0 Å². The van der Waals surface area contributed by atoms with Gasteiger partial charge in [-0.3, -0.25) is 0 Å². The molecule has 0 unspecified atom stereocenters. The molecule has 0 aromatic carbocycles. The average molecular weight is 86.1 g/mol. The maximum Gasteiger partial charge on any atom is 0.319 e. The van der Waals surface area contributed by atoms with E-state index in [0.717, 1.165) is 0 Å². The lowest BCUT2D eigenvalue weighted by molar-refractivity contribution is 0.172. The highest BCUT2D eigenvalue weighted by Crippen LogP contribution is 1.88. The Kier molecular flexibility index (Phi) is 0.498. The monoisotopic (exact) mass is 86.0 g/mol. The molecule has 1 saturated heterocycles. The Morgan fingerprint density at radius 2 is 2.50 bits per heavy atom. The Bertz CT molecular complexity index is 80.9. The van der Waals surface area contributed by atoms with Crippen molar-refractivity contribution in [2.45, 2.75) is 0 Å². The molecule has 0 spiro atoms. The molecule has 0 aromatic heterocycles. The van der Waals surface area contributed by atoms with Gasteiger partial charge in [-0.15, -0.1) is 0 Å². The maximum atomic E-state index is 10.0. The summed E-state index contributed by atoms with van der Waals surface area (Å²) in [7, 11) is 1.75. The smallest absolute Gasteiger partial charge is 0.319 e. The number of amides is 2. The van der Waals surface area contributed by atoms with Crippen LogP contribution in [0.3, 0.4) is 0 Å². The Morgan fingerprint density at radius 1 is 2.00 bits per heavy atom. The van der Waals surface area contributed by atoms with Crippen molar-refractivity contribution in [2.24, 2.45) is 0 Å². The fraction of sp³-hybridized carbons (Fsp3) is 0.667. The van der Waals surface area contributed by atoms with Gasteiger partial charge in [0.2, 0.25) is 0 Å². The lowest BCUT2D eigenvalue weighted by atomic mass is 10.6. The van der Waals surface area contributed by atoms with E-state index in [1.165, 1.54) is 0 Å². The summed E-state index contributed by atoms with van der Waals surface area (Å²) in [6, 6.07) is 0.0231. The minimum Gasteiger partial charge on any atom is -0.320 e. The highest BCUT2D eigenvalue weighted by molar-refractivity contribution is 5.78. The van der Waals surface area contributed by atoms with Gasteiger partial charge in [-0.05, 0) is 0 Å². The summed E-state index contributed by atoms with van der Waals surface area (Å²) in [5.74, 6) is 0. The van der Waals surface area contributed by atoms with E-state index >= 15 is 0 Å². The van der Waals surface area contributed by atoms with Crippen LogP contribution in [-0.2, 0) is 0 Å². The van der Waals surface area contributed by atoms with Crippen LogP contribution in [0.15, 0.2) is 0 Å². The van der Waals surface area contributed by atoms with Gasteiger partial charge >= 0.3 is 6.03 Å². The Balaban J connectivity index is 2.39.